The number of nitrogens with one attached hydrogen (secondary N) is 2. The van der Waals surface area contributed by atoms with Gasteiger partial charge in [-0.05, 0) is 60.6 Å². The van der Waals surface area contributed by atoms with Crippen molar-refractivity contribution in [3.63, 3.8) is 0 Å². The van der Waals surface area contributed by atoms with E-state index in [4.69, 9.17) is 4.74 Å². The molecule has 4 rings (SSSR count). The van der Waals surface area contributed by atoms with E-state index in [9.17, 15) is 4.79 Å². The molecule has 1 aromatic heterocycles. The second-order valence-corrected chi connectivity index (χ2v) is 9.12. The molecule has 0 radical (unpaired) electrons. The minimum Gasteiger partial charge on any atom is -0.497 e. The largest absolute Gasteiger partial charge is 0.497 e. The van der Waals surface area contributed by atoms with E-state index in [0.29, 0.717) is 25.4 Å². The van der Waals surface area contributed by atoms with E-state index in [2.05, 4.69) is 65.3 Å². The van der Waals surface area contributed by atoms with Gasteiger partial charge in [0.1, 0.15) is 5.75 Å². The zero-order valence-electron chi connectivity index (χ0n) is 19.9. The van der Waals surface area contributed by atoms with E-state index in [1.807, 2.05) is 31.2 Å². The molecule has 2 N–H and O–H groups in total. The molecule has 0 spiro atoms. The van der Waals surface area contributed by atoms with Gasteiger partial charge in [0.2, 0.25) is 5.91 Å². The highest BCUT2D eigenvalue weighted by molar-refractivity contribution is 5.90. The van der Waals surface area contributed by atoms with Crippen LogP contribution in [-0.2, 0) is 24.3 Å². The zero-order chi connectivity index (χ0) is 23.4. The quantitative estimate of drug-likeness (QED) is 0.525. The number of aromatic nitrogens is 1. The fraction of sp³-hybridized carbons (Fsp3) is 0.393. The van der Waals surface area contributed by atoms with Gasteiger partial charge in [0, 0.05) is 29.7 Å². The summed E-state index contributed by atoms with van der Waals surface area (Å²) in [6.45, 7) is 7.48. The highest BCUT2D eigenvalue weighted by atomic mass is 16.5. The molecule has 5 heteroatoms. The fourth-order valence-corrected chi connectivity index (χ4v) is 4.71. The fourth-order valence-electron chi connectivity index (χ4n) is 4.71. The second-order valence-electron chi connectivity index (χ2n) is 9.12. The Morgan fingerprint density at radius 1 is 1.24 bits per heavy atom. The van der Waals surface area contributed by atoms with Crippen molar-refractivity contribution in [3.05, 3.63) is 65.4 Å². The smallest absolute Gasteiger partial charge is 0.237 e. The Morgan fingerprint density at radius 3 is 2.73 bits per heavy atom. The molecule has 2 atom stereocenters. The van der Waals surface area contributed by atoms with Crippen LogP contribution in [0.2, 0.25) is 0 Å². The van der Waals surface area contributed by atoms with E-state index in [0.717, 1.165) is 17.7 Å². The van der Waals surface area contributed by atoms with Crippen molar-refractivity contribution in [2.45, 2.75) is 58.8 Å². The first-order valence-electron chi connectivity index (χ1n) is 11.7. The molecule has 5 nitrogen and oxygen atoms in total. The number of ether oxygens (including phenoxy) is 1. The summed E-state index contributed by atoms with van der Waals surface area (Å²) in [5, 5.41) is 8.10. The Hall–Kier alpha value is -3.23. The third-order valence-corrected chi connectivity index (χ3v) is 6.29. The van der Waals surface area contributed by atoms with Crippen LogP contribution in [0.25, 0.3) is 10.9 Å². The lowest BCUT2D eigenvalue weighted by atomic mass is 9.94. The molecule has 1 aliphatic rings. The number of benzene rings is 2. The van der Waals surface area contributed by atoms with E-state index in [1.54, 1.807) is 7.11 Å². The maximum Gasteiger partial charge on any atom is 0.237 e. The molecule has 0 bridgehead atoms. The first-order chi connectivity index (χ1) is 16.0. The normalized spacial score (nSPS) is 17.4. The van der Waals surface area contributed by atoms with Crippen LogP contribution in [0.5, 0.6) is 5.75 Å². The van der Waals surface area contributed by atoms with Crippen molar-refractivity contribution in [2.75, 3.05) is 7.11 Å². The summed E-state index contributed by atoms with van der Waals surface area (Å²) >= 11 is 0. The number of carbonyl (C=O) groups excluding carboxylic acids is 1. The van der Waals surface area contributed by atoms with Crippen LogP contribution in [0.4, 0.5) is 0 Å². The van der Waals surface area contributed by atoms with Gasteiger partial charge in [0.25, 0.3) is 0 Å². The molecule has 0 saturated heterocycles. The van der Waals surface area contributed by atoms with Gasteiger partial charge >= 0.3 is 0 Å². The highest BCUT2D eigenvalue weighted by Gasteiger charge is 2.30. The van der Waals surface area contributed by atoms with Crippen molar-refractivity contribution in [1.29, 1.82) is 0 Å². The summed E-state index contributed by atoms with van der Waals surface area (Å²) in [6.07, 6.45) is 3.81. The van der Waals surface area contributed by atoms with Crippen LogP contribution in [0.3, 0.4) is 0 Å². The lowest BCUT2D eigenvalue weighted by molar-refractivity contribution is -0.123. The van der Waals surface area contributed by atoms with E-state index in [-0.39, 0.29) is 18.0 Å². The Bertz CT molecular complexity index is 1180. The Morgan fingerprint density at radius 2 is 2.03 bits per heavy atom. The first kappa shape index (κ1) is 22.9. The van der Waals surface area contributed by atoms with Gasteiger partial charge in [-0.25, -0.2) is 0 Å². The predicted molar refractivity (Wildman–Crippen MR) is 133 cm³/mol. The SMILES string of the molecule is CC#CCn1cc2c3c(cccc31)C(CC(C)C)NC(C(=O)NCc1ccc(OC)cc1)C2. The number of carbonyl (C=O) groups is 1. The number of rotatable bonds is 7. The van der Waals surface area contributed by atoms with E-state index >= 15 is 0 Å². The molecule has 3 aromatic rings. The highest BCUT2D eigenvalue weighted by Crippen LogP contribution is 2.35. The third-order valence-electron chi connectivity index (χ3n) is 6.29. The van der Waals surface area contributed by atoms with Crippen molar-refractivity contribution in [2.24, 2.45) is 5.92 Å². The van der Waals surface area contributed by atoms with Crippen molar-refractivity contribution in [1.82, 2.24) is 15.2 Å². The molecule has 33 heavy (non-hydrogen) atoms. The standard InChI is InChI=1S/C28H33N3O2/c1-5-6-14-31-18-21-16-25(28(32)29-17-20-10-12-22(33-4)13-11-20)30-24(15-19(2)3)23-8-7-9-26(31)27(21)23/h7-13,18-19,24-25,30H,14-17H2,1-4H3,(H,29,32). The molecule has 2 heterocycles. The first-order valence-corrected chi connectivity index (χ1v) is 11.7. The Balaban J connectivity index is 1.61. The monoisotopic (exact) mass is 443 g/mol. The van der Waals surface area contributed by atoms with E-state index < -0.39 is 0 Å². The minimum absolute atomic E-state index is 0.0293. The van der Waals surface area contributed by atoms with Gasteiger partial charge in [-0.1, -0.05) is 44.0 Å². The van der Waals surface area contributed by atoms with Crippen molar-refractivity contribution >= 4 is 16.8 Å². The summed E-state index contributed by atoms with van der Waals surface area (Å²) in [5.74, 6) is 7.53. The molecular formula is C28H33N3O2. The molecule has 0 fully saturated rings. The predicted octanol–water partition coefficient (Wildman–Crippen LogP) is 4.59. The number of hydrogen-bond donors (Lipinski definition) is 2. The van der Waals surface area contributed by atoms with Gasteiger partial charge in [-0.2, -0.15) is 0 Å². The molecule has 172 valence electrons. The summed E-state index contributed by atoms with van der Waals surface area (Å²) in [7, 11) is 1.65. The Kier molecular flexibility index (Phi) is 7.05. The Labute approximate surface area is 196 Å². The summed E-state index contributed by atoms with van der Waals surface area (Å²) < 4.78 is 7.44. The summed E-state index contributed by atoms with van der Waals surface area (Å²) in [6, 6.07) is 14.1. The van der Waals surface area contributed by atoms with Crippen LogP contribution >= 0.6 is 0 Å². The summed E-state index contributed by atoms with van der Waals surface area (Å²) in [4.78, 5) is 13.3. The molecular weight excluding hydrogens is 410 g/mol. The zero-order valence-corrected chi connectivity index (χ0v) is 19.9. The molecule has 1 amide bonds. The lowest BCUT2D eigenvalue weighted by Gasteiger charge is -2.25. The molecule has 1 aliphatic heterocycles. The maximum absolute atomic E-state index is 13.3. The number of hydrogen-bond acceptors (Lipinski definition) is 3. The van der Waals surface area contributed by atoms with Crippen molar-refractivity contribution in [3.8, 4) is 17.6 Å². The maximum atomic E-state index is 13.3. The molecule has 2 aromatic carbocycles. The third kappa shape index (κ3) is 5.07. The summed E-state index contributed by atoms with van der Waals surface area (Å²) in [5.41, 5.74) is 4.73. The van der Waals surface area contributed by atoms with Gasteiger partial charge in [0.05, 0.1) is 19.7 Å². The average Bonchev–Trinajstić information content (AvgIpc) is 3.09. The number of nitrogens with zero attached hydrogens (tertiary/aromatic N) is 1. The van der Waals surface area contributed by atoms with Gasteiger partial charge in [0.15, 0.2) is 0 Å². The van der Waals surface area contributed by atoms with Crippen LogP contribution in [-0.4, -0.2) is 23.6 Å². The second kappa shape index (κ2) is 10.1. The number of amides is 1. The van der Waals surface area contributed by atoms with Crippen LogP contribution in [0.1, 0.15) is 49.9 Å². The van der Waals surface area contributed by atoms with Crippen molar-refractivity contribution < 1.29 is 9.53 Å². The lowest BCUT2D eigenvalue weighted by Crippen LogP contribution is -2.46. The molecule has 2 unspecified atom stereocenters. The minimum atomic E-state index is -0.296. The van der Waals surface area contributed by atoms with Crippen LogP contribution in [0, 0.1) is 17.8 Å². The topological polar surface area (TPSA) is 55.3 Å². The van der Waals surface area contributed by atoms with Gasteiger partial charge < -0.3 is 14.6 Å². The average molecular weight is 444 g/mol. The van der Waals surface area contributed by atoms with Gasteiger partial charge in [-0.15, -0.1) is 5.92 Å². The van der Waals surface area contributed by atoms with Crippen LogP contribution < -0.4 is 15.4 Å². The molecule has 0 aliphatic carbocycles. The van der Waals surface area contributed by atoms with E-state index in [1.165, 1.54) is 22.0 Å². The number of methoxy groups -OCH3 is 1. The van der Waals surface area contributed by atoms with Crippen LogP contribution in [0.15, 0.2) is 48.7 Å². The molecule has 0 saturated carbocycles. The van der Waals surface area contributed by atoms with Gasteiger partial charge in [-0.3, -0.25) is 10.1 Å².